The number of aromatic nitrogens is 2. The molecule has 0 unspecified atom stereocenters. The Balaban J connectivity index is 2.23. The van der Waals surface area contributed by atoms with Crippen LogP contribution in [0.4, 0.5) is 10.8 Å². The Morgan fingerprint density at radius 1 is 1.50 bits per heavy atom. The molecule has 0 saturated carbocycles. The van der Waals surface area contributed by atoms with Crippen LogP contribution < -0.4 is 5.32 Å². The molecule has 0 radical (unpaired) electrons. The lowest BCUT2D eigenvalue weighted by atomic mass is 10.3. The molecule has 82 valence electrons. The molecule has 16 heavy (non-hydrogen) atoms. The fourth-order valence-corrected chi connectivity index (χ4v) is 2.22. The highest BCUT2D eigenvalue weighted by Gasteiger charge is 2.11. The van der Waals surface area contributed by atoms with Crippen molar-refractivity contribution in [2.75, 3.05) is 5.32 Å². The smallest absolute Gasteiger partial charge is 0.188 e. The maximum atomic E-state index is 11.3. The van der Waals surface area contributed by atoms with Gasteiger partial charge in [-0.05, 0) is 19.1 Å². The summed E-state index contributed by atoms with van der Waals surface area (Å²) in [6.45, 7) is 3.38. The van der Waals surface area contributed by atoms with Gasteiger partial charge in [0.05, 0.1) is 22.5 Å². The quantitative estimate of drug-likeness (QED) is 0.828. The monoisotopic (exact) mass is 233 g/mol. The van der Waals surface area contributed by atoms with E-state index in [-0.39, 0.29) is 5.78 Å². The first-order valence-corrected chi connectivity index (χ1v) is 5.64. The molecule has 0 atom stereocenters. The first-order chi connectivity index (χ1) is 7.66. The number of Topliss-reactive ketones (excluding diaryl/α,β-unsaturated/α-hetero) is 1. The zero-order valence-corrected chi connectivity index (χ0v) is 9.84. The molecule has 0 spiro atoms. The molecule has 1 N–H and O–H groups in total. The van der Waals surface area contributed by atoms with Crippen LogP contribution in [0, 0.1) is 6.92 Å². The average Bonchev–Trinajstić information content (AvgIpc) is 2.61. The van der Waals surface area contributed by atoms with Gasteiger partial charge in [-0.3, -0.25) is 9.78 Å². The number of thiazole rings is 1. The molecule has 0 fully saturated rings. The van der Waals surface area contributed by atoms with Gasteiger partial charge in [0.2, 0.25) is 0 Å². The number of nitrogens with zero attached hydrogens (tertiary/aromatic N) is 2. The summed E-state index contributed by atoms with van der Waals surface area (Å²) >= 11 is 1.36. The van der Waals surface area contributed by atoms with Gasteiger partial charge in [-0.1, -0.05) is 11.3 Å². The highest BCUT2D eigenvalue weighted by molar-refractivity contribution is 7.17. The Hall–Kier alpha value is -1.75. The molecule has 2 aromatic heterocycles. The third-order valence-electron chi connectivity index (χ3n) is 2.03. The summed E-state index contributed by atoms with van der Waals surface area (Å²) in [6, 6.07) is 3.74. The lowest BCUT2D eigenvalue weighted by molar-refractivity contribution is 0.102. The largest absolute Gasteiger partial charge is 0.330 e. The normalized spacial score (nSPS) is 10.1. The first-order valence-electron chi connectivity index (χ1n) is 4.82. The summed E-state index contributed by atoms with van der Waals surface area (Å²) in [4.78, 5) is 20.2. The van der Waals surface area contributed by atoms with Crippen LogP contribution >= 0.6 is 11.3 Å². The maximum absolute atomic E-state index is 11.3. The molecule has 0 aliphatic carbocycles. The fourth-order valence-electron chi connectivity index (χ4n) is 1.34. The van der Waals surface area contributed by atoms with Crippen molar-refractivity contribution < 1.29 is 4.79 Å². The predicted molar refractivity (Wildman–Crippen MR) is 64.4 cm³/mol. The van der Waals surface area contributed by atoms with E-state index in [9.17, 15) is 4.79 Å². The van der Waals surface area contributed by atoms with E-state index in [1.807, 2.05) is 19.1 Å². The van der Waals surface area contributed by atoms with Crippen molar-refractivity contribution in [1.29, 1.82) is 0 Å². The van der Waals surface area contributed by atoms with Crippen LogP contribution in [0.25, 0.3) is 0 Å². The number of aryl methyl sites for hydroxylation is 1. The van der Waals surface area contributed by atoms with Gasteiger partial charge < -0.3 is 5.32 Å². The number of hydrogen-bond acceptors (Lipinski definition) is 5. The Labute approximate surface area is 97.4 Å². The minimum atomic E-state index is 0.0502. The van der Waals surface area contributed by atoms with Crippen LogP contribution in [0.5, 0.6) is 0 Å². The van der Waals surface area contributed by atoms with Crippen LogP contribution in [-0.2, 0) is 0 Å². The van der Waals surface area contributed by atoms with Crippen LogP contribution in [-0.4, -0.2) is 15.8 Å². The van der Waals surface area contributed by atoms with Gasteiger partial charge in [-0.25, -0.2) is 4.98 Å². The molecule has 0 amide bonds. The minimum absolute atomic E-state index is 0.0502. The van der Waals surface area contributed by atoms with Crippen LogP contribution in [0.2, 0.25) is 0 Å². The van der Waals surface area contributed by atoms with E-state index in [1.54, 1.807) is 19.3 Å². The SMILES string of the molecule is CC(=O)c1sc(Nc2cccnc2)nc1C. The molecule has 2 rings (SSSR count). The Bertz CT molecular complexity index is 507. The highest BCUT2D eigenvalue weighted by atomic mass is 32.1. The Kier molecular flexibility index (Phi) is 2.96. The summed E-state index contributed by atoms with van der Waals surface area (Å²) in [5.41, 5.74) is 1.63. The lowest BCUT2D eigenvalue weighted by Gasteiger charge is -1.99. The molecule has 0 aromatic carbocycles. The predicted octanol–water partition coefficient (Wildman–Crippen LogP) is 2.79. The van der Waals surface area contributed by atoms with Gasteiger partial charge in [-0.2, -0.15) is 0 Å². The zero-order chi connectivity index (χ0) is 11.5. The van der Waals surface area contributed by atoms with E-state index in [2.05, 4.69) is 15.3 Å². The Morgan fingerprint density at radius 2 is 2.31 bits per heavy atom. The molecular weight excluding hydrogens is 222 g/mol. The first kappa shape index (κ1) is 10.8. The van der Waals surface area contributed by atoms with Gasteiger partial charge in [0, 0.05) is 13.1 Å². The van der Waals surface area contributed by atoms with Crippen molar-refractivity contribution in [3.63, 3.8) is 0 Å². The van der Waals surface area contributed by atoms with Crippen molar-refractivity contribution >= 4 is 27.9 Å². The number of anilines is 2. The number of rotatable bonds is 3. The third-order valence-corrected chi connectivity index (χ3v) is 3.20. The topological polar surface area (TPSA) is 54.9 Å². The van der Waals surface area contributed by atoms with E-state index in [1.165, 1.54) is 11.3 Å². The molecule has 2 aromatic rings. The van der Waals surface area contributed by atoms with Gasteiger partial charge in [0.25, 0.3) is 0 Å². The number of hydrogen-bond donors (Lipinski definition) is 1. The maximum Gasteiger partial charge on any atom is 0.188 e. The summed E-state index contributed by atoms with van der Waals surface area (Å²) in [7, 11) is 0. The molecular formula is C11H11N3OS. The average molecular weight is 233 g/mol. The summed E-state index contributed by atoms with van der Waals surface area (Å²) in [5, 5.41) is 3.83. The van der Waals surface area contributed by atoms with E-state index in [4.69, 9.17) is 0 Å². The fraction of sp³-hybridized carbons (Fsp3) is 0.182. The number of carbonyl (C=O) groups excluding carboxylic acids is 1. The van der Waals surface area contributed by atoms with Crippen molar-refractivity contribution in [2.24, 2.45) is 0 Å². The second-order valence-electron chi connectivity index (χ2n) is 3.36. The molecule has 5 heteroatoms. The van der Waals surface area contributed by atoms with Crippen LogP contribution in [0.3, 0.4) is 0 Å². The third kappa shape index (κ3) is 2.25. The summed E-state index contributed by atoms with van der Waals surface area (Å²) < 4.78 is 0. The van der Waals surface area contributed by atoms with Crippen molar-refractivity contribution in [3.8, 4) is 0 Å². The molecule has 0 aliphatic heterocycles. The summed E-state index contributed by atoms with van der Waals surface area (Å²) in [6.07, 6.45) is 3.42. The molecule has 0 bridgehead atoms. The molecule has 0 saturated heterocycles. The molecule has 0 aliphatic rings. The van der Waals surface area contributed by atoms with Gasteiger partial charge >= 0.3 is 0 Å². The second-order valence-corrected chi connectivity index (χ2v) is 4.36. The van der Waals surface area contributed by atoms with Gasteiger partial charge in [0.15, 0.2) is 10.9 Å². The molecule has 4 nitrogen and oxygen atoms in total. The minimum Gasteiger partial charge on any atom is -0.330 e. The second kappa shape index (κ2) is 4.40. The van der Waals surface area contributed by atoms with Crippen molar-refractivity contribution in [3.05, 3.63) is 35.1 Å². The van der Waals surface area contributed by atoms with Crippen LogP contribution in [0.1, 0.15) is 22.3 Å². The van der Waals surface area contributed by atoms with E-state index in [0.29, 0.717) is 4.88 Å². The summed E-state index contributed by atoms with van der Waals surface area (Å²) in [5.74, 6) is 0.0502. The number of pyridine rings is 1. The molecule has 2 heterocycles. The lowest BCUT2D eigenvalue weighted by Crippen LogP contribution is -1.90. The van der Waals surface area contributed by atoms with Crippen molar-refractivity contribution in [1.82, 2.24) is 9.97 Å². The number of nitrogens with one attached hydrogen (secondary N) is 1. The standard InChI is InChI=1S/C11H11N3OS/c1-7-10(8(2)15)16-11(13-7)14-9-4-3-5-12-6-9/h3-6H,1-2H3,(H,13,14). The Morgan fingerprint density at radius 3 is 2.88 bits per heavy atom. The highest BCUT2D eigenvalue weighted by Crippen LogP contribution is 2.25. The van der Waals surface area contributed by atoms with Crippen molar-refractivity contribution in [2.45, 2.75) is 13.8 Å². The van der Waals surface area contributed by atoms with E-state index < -0.39 is 0 Å². The number of carbonyl (C=O) groups is 1. The number of ketones is 1. The van der Waals surface area contributed by atoms with Gasteiger partial charge in [-0.15, -0.1) is 0 Å². The van der Waals surface area contributed by atoms with E-state index in [0.717, 1.165) is 16.5 Å². The van der Waals surface area contributed by atoms with E-state index >= 15 is 0 Å². The zero-order valence-electron chi connectivity index (χ0n) is 9.02. The van der Waals surface area contributed by atoms with Gasteiger partial charge in [0.1, 0.15) is 0 Å². The van der Waals surface area contributed by atoms with Crippen LogP contribution in [0.15, 0.2) is 24.5 Å².